The van der Waals surface area contributed by atoms with Gasteiger partial charge in [0.15, 0.2) is 29.1 Å². The Morgan fingerprint density at radius 2 is 1.22 bits per heavy atom. The average molecular weight is 516 g/mol. The van der Waals surface area contributed by atoms with Crippen molar-refractivity contribution in [1.82, 2.24) is 0 Å². The second-order valence-corrected chi connectivity index (χ2v) is 8.33. The van der Waals surface area contributed by atoms with E-state index in [1.165, 1.54) is 42.5 Å². The number of carbonyl (C=O) groups excluding carboxylic acids is 2. The van der Waals surface area contributed by atoms with E-state index >= 15 is 0 Å². The summed E-state index contributed by atoms with van der Waals surface area (Å²) in [5.74, 6) is -5.32. The summed E-state index contributed by atoms with van der Waals surface area (Å²) in [6.07, 6.45) is -2.07. The van der Waals surface area contributed by atoms with Crippen LogP contribution in [0.15, 0.2) is 48.6 Å². The van der Waals surface area contributed by atoms with Crippen molar-refractivity contribution in [2.45, 2.75) is 36.8 Å². The van der Waals surface area contributed by atoms with E-state index in [9.17, 15) is 50.1 Å². The van der Waals surface area contributed by atoms with Crippen molar-refractivity contribution in [2.75, 3.05) is 0 Å². The third-order valence-corrected chi connectivity index (χ3v) is 5.60. The summed E-state index contributed by atoms with van der Waals surface area (Å²) in [7, 11) is 0. The van der Waals surface area contributed by atoms with Crippen molar-refractivity contribution in [2.24, 2.45) is 0 Å². The topological polar surface area (TPSA) is 211 Å². The SMILES string of the molecule is O=C(C=Cc1ccc(O)c(O)c1)OC1C(O)CC(OC(=O)/C=C/c2ccc(O)c(O)c2)(C(=O)O)CC1O. The molecule has 7 N–H and O–H groups in total. The number of rotatable bonds is 7. The van der Waals surface area contributed by atoms with Gasteiger partial charge in [-0.25, -0.2) is 14.4 Å². The molecule has 0 saturated heterocycles. The van der Waals surface area contributed by atoms with Crippen LogP contribution in [0.2, 0.25) is 0 Å². The number of phenols is 4. The second kappa shape index (κ2) is 11.0. The highest BCUT2D eigenvalue weighted by Crippen LogP contribution is 2.35. The van der Waals surface area contributed by atoms with Crippen LogP contribution >= 0.6 is 0 Å². The van der Waals surface area contributed by atoms with E-state index in [1.54, 1.807) is 0 Å². The normalized spacial score (nSPS) is 23.7. The van der Waals surface area contributed by atoms with Gasteiger partial charge in [-0.2, -0.15) is 0 Å². The van der Waals surface area contributed by atoms with Gasteiger partial charge in [0.25, 0.3) is 0 Å². The summed E-state index contributed by atoms with van der Waals surface area (Å²) >= 11 is 0. The number of esters is 2. The maximum atomic E-state index is 12.3. The number of aliphatic hydroxyl groups excluding tert-OH is 2. The molecule has 2 atom stereocenters. The van der Waals surface area contributed by atoms with Gasteiger partial charge in [-0.05, 0) is 47.5 Å². The molecule has 1 saturated carbocycles. The lowest BCUT2D eigenvalue weighted by molar-refractivity contribution is -0.207. The summed E-state index contributed by atoms with van der Waals surface area (Å²) < 4.78 is 10.1. The Bertz CT molecular complexity index is 1240. The molecule has 37 heavy (non-hydrogen) atoms. The Morgan fingerprint density at radius 3 is 1.65 bits per heavy atom. The van der Waals surface area contributed by atoms with Gasteiger partial charge in [-0.1, -0.05) is 12.1 Å². The van der Waals surface area contributed by atoms with E-state index in [1.807, 2.05) is 0 Å². The lowest BCUT2D eigenvalue weighted by atomic mass is 9.79. The van der Waals surface area contributed by atoms with Crippen molar-refractivity contribution in [3.8, 4) is 23.0 Å². The quantitative estimate of drug-likeness (QED) is 0.156. The van der Waals surface area contributed by atoms with Crippen LogP contribution < -0.4 is 0 Å². The van der Waals surface area contributed by atoms with E-state index in [0.717, 1.165) is 18.2 Å². The van der Waals surface area contributed by atoms with Crippen molar-refractivity contribution >= 4 is 30.1 Å². The van der Waals surface area contributed by atoms with Crippen LogP contribution in [0.4, 0.5) is 0 Å². The average Bonchev–Trinajstić information content (AvgIpc) is 2.83. The van der Waals surface area contributed by atoms with Crippen LogP contribution in [0, 0.1) is 0 Å². The molecule has 1 fully saturated rings. The number of ether oxygens (including phenoxy) is 2. The molecule has 0 aliphatic heterocycles. The highest BCUT2D eigenvalue weighted by atomic mass is 16.6. The predicted octanol–water partition coefficient (Wildman–Crippen LogP) is 1.03. The fourth-order valence-corrected chi connectivity index (χ4v) is 3.72. The van der Waals surface area contributed by atoms with Gasteiger partial charge in [-0.3, -0.25) is 0 Å². The van der Waals surface area contributed by atoms with Gasteiger partial charge in [0.1, 0.15) is 0 Å². The first-order valence-electron chi connectivity index (χ1n) is 10.8. The van der Waals surface area contributed by atoms with Crippen molar-refractivity contribution < 1.29 is 59.6 Å². The maximum Gasteiger partial charge on any atom is 0.348 e. The molecule has 2 aromatic carbocycles. The van der Waals surface area contributed by atoms with Gasteiger partial charge in [-0.15, -0.1) is 0 Å². The first-order valence-corrected chi connectivity index (χ1v) is 10.8. The Kier molecular flexibility index (Phi) is 8.05. The standard InChI is InChI=1S/C25H24O12/c26-15-5-1-13(9-17(15)28)3-7-21(32)36-23-19(30)11-25(24(34)35,12-20(23)31)37-22(33)8-4-14-2-6-16(27)18(29)10-14/h1-10,19-20,23,26-31H,11-12H2,(H,34,35)/b7-3?,8-4+. The summed E-state index contributed by atoms with van der Waals surface area (Å²) in [6.45, 7) is 0. The minimum Gasteiger partial charge on any atom is -0.504 e. The van der Waals surface area contributed by atoms with Crippen LogP contribution in [-0.4, -0.2) is 77.6 Å². The van der Waals surface area contributed by atoms with E-state index in [-0.39, 0.29) is 11.5 Å². The number of phenolic OH excluding ortho intramolecular Hbond substituents is 4. The van der Waals surface area contributed by atoms with E-state index in [2.05, 4.69) is 0 Å². The van der Waals surface area contributed by atoms with Crippen LogP contribution in [0.5, 0.6) is 23.0 Å². The number of carboxylic acids is 1. The Balaban J connectivity index is 1.66. The molecule has 0 radical (unpaired) electrons. The third kappa shape index (κ3) is 6.57. The van der Waals surface area contributed by atoms with Crippen LogP contribution in [-0.2, 0) is 23.9 Å². The highest BCUT2D eigenvalue weighted by molar-refractivity contribution is 5.91. The number of benzene rings is 2. The monoisotopic (exact) mass is 516 g/mol. The summed E-state index contributed by atoms with van der Waals surface area (Å²) in [4.78, 5) is 36.4. The number of carboxylic acid groups (broad SMARTS) is 1. The lowest BCUT2D eigenvalue weighted by Gasteiger charge is -2.41. The molecule has 2 unspecified atom stereocenters. The molecule has 0 heterocycles. The number of hydrogen-bond donors (Lipinski definition) is 7. The number of aromatic hydroxyl groups is 4. The minimum atomic E-state index is -2.32. The van der Waals surface area contributed by atoms with Gasteiger partial charge >= 0.3 is 17.9 Å². The predicted molar refractivity (Wildman–Crippen MR) is 125 cm³/mol. The summed E-state index contributed by atoms with van der Waals surface area (Å²) in [5.41, 5.74) is -1.69. The Labute approximate surface area is 209 Å². The molecular formula is C25H24O12. The van der Waals surface area contributed by atoms with E-state index in [4.69, 9.17) is 9.47 Å². The van der Waals surface area contributed by atoms with Gasteiger partial charge in [0.2, 0.25) is 5.60 Å². The molecule has 12 nitrogen and oxygen atoms in total. The summed E-state index contributed by atoms with van der Waals surface area (Å²) in [5, 5.41) is 68.3. The molecule has 2 aromatic rings. The van der Waals surface area contributed by atoms with Crippen LogP contribution in [0.1, 0.15) is 24.0 Å². The lowest BCUT2D eigenvalue weighted by Crippen LogP contribution is -2.58. The molecule has 0 amide bonds. The zero-order valence-electron chi connectivity index (χ0n) is 19.1. The van der Waals surface area contributed by atoms with Crippen LogP contribution in [0.25, 0.3) is 12.2 Å². The van der Waals surface area contributed by atoms with Crippen molar-refractivity contribution in [1.29, 1.82) is 0 Å². The Morgan fingerprint density at radius 1 is 0.757 bits per heavy atom. The molecule has 1 aliphatic carbocycles. The maximum absolute atomic E-state index is 12.3. The van der Waals surface area contributed by atoms with Crippen LogP contribution in [0.3, 0.4) is 0 Å². The van der Waals surface area contributed by atoms with Gasteiger partial charge in [0.05, 0.1) is 12.2 Å². The molecule has 0 aromatic heterocycles. The molecule has 3 rings (SSSR count). The molecule has 0 spiro atoms. The molecular weight excluding hydrogens is 492 g/mol. The first-order chi connectivity index (χ1) is 17.4. The van der Waals surface area contributed by atoms with E-state index < -0.39 is 66.2 Å². The molecule has 0 bridgehead atoms. The van der Waals surface area contributed by atoms with E-state index in [0.29, 0.717) is 11.1 Å². The van der Waals surface area contributed by atoms with Crippen molar-refractivity contribution in [3.63, 3.8) is 0 Å². The number of aliphatic hydroxyl groups is 2. The fraction of sp³-hybridized carbons (Fsp3) is 0.240. The molecule has 1 aliphatic rings. The van der Waals surface area contributed by atoms with Gasteiger partial charge < -0.3 is 45.2 Å². The van der Waals surface area contributed by atoms with Gasteiger partial charge in [0, 0.05) is 25.0 Å². The highest BCUT2D eigenvalue weighted by Gasteiger charge is 2.54. The number of hydrogen-bond acceptors (Lipinski definition) is 11. The zero-order valence-corrected chi connectivity index (χ0v) is 19.1. The first kappa shape index (κ1) is 27.0. The third-order valence-electron chi connectivity index (χ3n) is 5.60. The number of aliphatic carboxylic acids is 1. The Hall–Kier alpha value is -4.55. The smallest absolute Gasteiger partial charge is 0.348 e. The fourth-order valence-electron chi connectivity index (χ4n) is 3.72. The van der Waals surface area contributed by atoms with Crippen molar-refractivity contribution in [3.05, 3.63) is 59.7 Å². The molecule has 12 heteroatoms. The minimum absolute atomic E-state index is 0.294. The number of carbonyl (C=O) groups is 3. The largest absolute Gasteiger partial charge is 0.504 e. The second-order valence-electron chi connectivity index (χ2n) is 8.33. The zero-order chi connectivity index (χ0) is 27.3. The molecule has 196 valence electrons. The summed E-state index contributed by atoms with van der Waals surface area (Å²) in [6, 6.07) is 7.48.